The van der Waals surface area contributed by atoms with E-state index in [1.807, 2.05) is 0 Å². The first-order valence-electron chi connectivity index (χ1n) is 5.39. The highest BCUT2D eigenvalue weighted by atomic mass is 32.1. The molecule has 16 heavy (non-hydrogen) atoms. The Kier molecular flexibility index (Phi) is 5.18. The fraction of sp³-hybridized carbons (Fsp3) is 0.700. The smallest absolute Gasteiger partial charge is 0.228 e. The number of aromatic nitrogens is 2. The highest BCUT2D eigenvalue weighted by Crippen LogP contribution is 1.95. The molecule has 0 aliphatic carbocycles. The minimum atomic E-state index is 0.582. The van der Waals surface area contributed by atoms with Gasteiger partial charge in [0.2, 0.25) is 5.89 Å². The zero-order chi connectivity index (χ0) is 12.0. The summed E-state index contributed by atoms with van der Waals surface area (Å²) in [5.74, 6) is 1.88. The van der Waals surface area contributed by atoms with Crippen LogP contribution in [0.25, 0.3) is 0 Å². The van der Waals surface area contributed by atoms with Crippen LogP contribution in [0.4, 0.5) is 0 Å². The maximum atomic E-state index is 5.10. The summed E-state index contributed by atoms with van der Waals surface area (Å²) >= 11 is 5.10. The quantitative estimate of drug-likeness (QED) is 0.752. The molecule has 0 radical (unpaired) electrons. The Bertz CT molecular complexity index is 337. The van der Waals surface area contributed by atoms with Gasteiger partial charge in [-0.1, -0.05) is 19.0 Å². The van der Waals surface area contributed by atoms with Crippen molar-refractivity contribution in [2.45, 2.75) is 27.2 Å². The van der Waals surface area contributed by atoms with Gasteiger partial charge >= 0.3 is 0 Å². The Labute approximate surface area is 101 Å². The van der Waals surface area contributed by atoms with Crippen molar-refractivity contribution in [3.63, 3.8) is 0 Å². The van der Waals surface area contributed by atoms with Gasteiger partial charge in [0.05, 0.1) is 0 Å². The molecule has 0 saturated carbocycles. The topological polar surface area (TPSA) is 63.0 Å². The molecule has 1 aromatic rings. The van der Waals surface area contributed by atoms with Gasteiger partial charge in [0.1, 0.15) is 0 Å². The first-order chi connectivity index (χ1) is 7.58. The summed E-state index contributed by atoms with van der Waals surface area (Å²) in [6, 6.07) is 0. The minimum Gasteiger partial charge on any atom is -0.362 e. The van der Waals surface area contributed by atoms with Gasteiger partial charge in [-0.15, -0.1) is 0 Å². The van der Waals surface area contributed by atoms with Crippen molar-refractivity contribution in [3.8, 4) is 0 Å². The minimum absolute atomic E-state index is 0.582. The van der Waals surface area contributed by atoms with Crippen molar-refractivity contribution in [2.24, 2.45) is 5.92 Å². The molecule has 0 spiro atoms. The summed E-state index contributed by atoms with van der Waals surface area (Å²) in [5.41, 5.74) is 0. The van der Waals surface area contributed by atoms with Crippen LogP contribution < -0.4 is 10.6 Å². The number of hydrogen-bond acceptors (Lipinski definition) is 4. The lowest BCUT2D eigenvalue weighted by molar-refractivity contribution is 0.374. The van der Waals surface area contributed by atoms with Crippen molar-refractivity contribution in [3.05, 3.63) is 11.7 Å². The van der Waals surface area contributed by atoms with E-state index in [1.54, 1.807) is 6.92 Å². The second kappa shape index (κ2) is 6.42. The summed E-state index contributed by atoms with van der Waals surface area (Å²) in [6.45, 7) is 7.65. The van der Waals surface area contributed by atoms with E-state index in [0.717, 1.165) is 6.54 Å². The number of nitrogens with zero attached hydrogens (tertiary/aromatic N) is 2. The molecular formula is C10H18N4OS. The summed E-state index contributed by atoms with van der Waals surface area (Å²) in [4.78, 5) is 4.10. The van der Waals surface area contributed by atoms with Crippen molar-refractivity contribution in [1.29, 1.82) is 0 Å². The third-order valence-corrected chi connectivity index (χ3v) is 2.15. The number of nitrogens with one attached hydrogen (secondary N) is 2. The fourth-order valence-corrected chi connectivity index (χ4v) is 1.27. The molecule has 0 aromatic carbocycles. The molecule has 2 N–H and O–H groups in total. The molecular weight excluding hydrogens is 224 g/mol. The maximum absolute atomic E-state index is 5.10. The molecule has 0 amide bonds. The maximum Gasteiger partial charge on any atom is 0.228 e. The molecule has 0 saturated heterocycles. The second-order valence-corrected chi connectivity index (χ2v) is 4.42. The third kappa shape index (κ3) is 5.06. The zero-order valence-corrected chi connectivity index (χ0v) is 10.7. The number of hydrogen-bond donors (Lipinski definition) is 2. The van der Waals surface area contributed by atoms with E-state index in [2.05, 4.69) is 34.6 Å². The lowest BCUT2D eigenvalue weighted by Gasteiger charge is -2.11. The molecule has 0 bridgehead atoms. The Balaban J connectivity index is 2.13. The van der Waals surface area contributed by atoms with Crippen molar-refractivity contribution < 1.29 is 4.52 Å². The van der Waals surface area contributed by atoms with E-state index in [0.29, 0.717) is 35.7 Å². The average molecular weight is 242 g/mol. The number of rotatable bonds is 5. The van der Waals surface area contributed by atoms with E-state index < -0.39 is 0 Å². The van der Waals surface area contributed by atoms with Crippen molar-refractivity contribution in [1.82, 2.24) is 20.8 Å². The van der Waals surface area contributed by atoms with Crippen LogP contribution in [0.15, 0.2) is 4.52 Å². The Morgan fingerprint density at radius 1 is 1.44 bits per heavy atom. The van der Waals surface area contributed by atoms with E-state index in [4.69, 9.17) is 16.7 Å². The first-order valence-corrected chi connectivity index (χ1v) is 5.79. The highest BCUT2D eigenvalue weighted by Gasteiger charge is 2.02. The van der Waals surface area contributed by atoms with Gasteiger partial charge in [0.15, 0.2) is 10.9 Å². The predicted octanol–water partition coefficient (Wildman–Crippen LogP) is 1.04. The van der Waals surface area contributed by atoms with Crippen LogP contribution in [-0.2, 0) is 6.42 Å². The van der Waals surface area contributed by atoms with Crippen LogP contribution in [0, 0.1) is 12.8 Å². The van der Waals surface area contributed by atoms with E-state index >= 15 is 0 Å². The molecule has 1 heterocycles. The fourth-order valence-electron chi connectivity index (χ4n) is 1.08. The van der Waals surface area contributed by atoms with Gasteiger partial charge in [0.25, 0.3) is 0 Å². The van der Waals surface area contributed by atoms with Crippen LogP contribution >= 0.6 is 12.2 Å². The van der Waals surface area contributed by atoms with Crippen LogP contribution in [0.2, 0.25) is 0 Å². The molecule has 5 nitrogen and oxygen atoms in total. The van der Waals surface area contributed by atoms with Gasteiger partial charge in [-0.3, -0.25) is 0 Å². The summed E-state index contributed by atoms with van der Waals surface area (Å²) in [5, 5.41) is 10.6. The standard InChI is InChI=1S/C10H18N4OS/c1-7(2)6-12-10(16)11-5-4-9-13-8(3)14-15-9/h7H,4-6H2,1-3H3,(H2,11,12,16). The molecule has 1 aromatic heterocycles. The predicted molar refractivity (Wildman–Crippen MR) is 66.2 cm³/mol. The monoisotopic (exact) mass is 242 g/mol. The molecule has 0 fully saturated rings. The van der Waals surface area contributed by atoms with Gasteiger partial charge in [-0.25, -0.2) is 0 Å². The number of aryl methyl sites for hydroxylation is 1. The van der Waals surface area contributed by atoms with E-state index in [9.17, 15) is 0 Å². The normalized spacial score (nSPS) is 10.5. The molecule has 0 aliphatic rings. The van der Waals surface area contributed by atoms with E-state index in [-0.39, 0.29) is 0 Å². The third-order valence-electron chi connectivity index (χ3n) is 1.86. The SMILES string of the molecule is Cc1noc(CCNC(=S)NCC(C)C)n1. The van der Waals surface area contributed by atoms with Gasteiger partial charge in [-0.05, 0) is 25.1 Å². The molecule has 1 rings (SSSR count). The van der Waals surface area contributed by atoms with E-state index in [1.165, 1.54) is 0 Å². The van der Waals surface area contributed by atoms with Gasteiger partial charge < -0.3 is 15.2 Å². The first kappa shape index (κ1) is 12.9. The summed E-state index contributed by atoms with van der Waals surface area (Å²) in [7, 11) is 0. The Hall–Kier alpha value is -1.17. The lowest BCUT2D eigenvalue weighted by atomic mass is 10.2. The highest BCUT2D eigenvalue weighted by molar-refractivity contribution is 7.80. The summed E-state index contributed by atoms with van der Waals surface area (Å²) < 4.78 is 4.98. The largest absolute Gasteiger partial charge is 0.362 e. The lowest BCUT2D eigenvalue weighted by Crippen LogP contribution is -2.38. The number of thiocarbonyl (C=S) groups is 1. The van der Waals surface area contributed by atoms with Crippen LogP contribution in [0.3, 0.4) is 0 Å². The zero-order valence-electron chi connectivity index (χ0n) is 9.91. The molecule has 0 atom stereocenters. The van der Waals surface area contributed by atoms with Gasteiger partial charge in [0, 0.05) is 19.5 Å². The second-order valence-electron chi connectivity index (χ2n) is 4.02. The Morgan fingerprint density at radius 3 is 2.75 bits per heavy atom. The molecule has 0 aliphatic heterocycles. The molecule has 90 valence electrons. The molecule has 6 heteroatoms. The van der Waals surface area contributed by atoms with Crippen LogP contribution in [0.5, 0.6) is 0 Å². The van der Waals surface area contributed by atoms with Gasteiger partial charge in [-0.2, -0.15) is 4.98 Å². The molecule has 0 unspecified atom stereocenters. The average Bonchev–Trinajstić information content (AvgIpc) is 2.61. The Morgan fingerprint density at radius 2 is 2.19 bits per heavy atom. The van der Waals surface area contributed by atoms with Crippen LogP contribution in [0.1, 0.15) is 25.6 Å². The van der Waals surface area contributed by atoms with Crippen molar-refractivity contribution >= 4 is 17.3 Å². The summed E-state index contributed by atoms with van der Waals surface area (Å²) in [6.07, 6.45) is 0.685. The van der Waals surface area contributed by atoms with Crippen molar-refractivity contribution in [2.75, 3.05) is 13.1 Å². The van der Waals surface area contributed by atoms with Crippen LogP contribution in [-0.4, -0.2) is 28.3 Å².